The zero-order valence-electron chi connectivity index (χ0n) is 16.2. The first-order chi connectivity index (χ1) is 14.9. The molecule has 0 bridgehead atoms. The molecule has 0 atom stereocenters. The Morgan fingerprint density at radius 1 is 0.700 bits per heavy atom. The maximum absolute atomic E-state index is 5.53. The number of aromatic nitrogens is 6. The highest BCUT2D eigenvalue weighted by molar-refractivity contribution is 5.78. The average molecular weight is 397 g/mol. The van der Waals surface area contributed by atoms with Crippen LogP contribution in [0.5, 0.6) is 0 Å². The third kappa shape index (κ3) is 2.81. The van der Waals surface area contributed by atoms with Crippen molar-refractivity contribution in [3.05, 3.63) is 67.3 Å². The van der Waals surface area contributed by atoms with Crippen molar-refractivity contribution < 1.29 is 4.74 Å². The zero-order chi connectivity index (χ0) is 19.9. The van der Waals surface area contributed by atoms with E-state index in [9.17, 15) is 0 Å². The summed E-state index contributed by atoms with van der Waals surface area (Å²) in [5.41, 5.74) is 3.81. The Kier molecular flexibility index (Phi) is 3.95. The molecule has 8 heteroatoms. The molecule has 1 saturated heterocycles. The third-order valence-electron chi connectivity index (χ3n) is 5.39. The predicted molar refractivity (Wildman–Crippen MR) is 114 cm³/mol. The number of para-hydroxylation sites is 4. The van der Waals surface area contributed by atoms with Crippen molar-refractivity contribution in [1.29, 1.82) is 0 Å². The van der Waals surface area contributed by atoms with Crippen LogP contribution in [0.25, 0.3) is 33.8 Å². The number of ether oxygens (including phenoxy) is 1. The van der Waals surface area contributed by atoms with Crippen molar-refractivity contribution in [2.75, 3.05) is 31.2 Å². The molecule has 0 spiro atoms. The van der Waals surface area contributed by atoms with Crippen molar-refractivity contribution in [1.82, 2.24) is 29.1 Å². The van der Waals surface area contributed by atoms with Gasteiger partial charge in [-0.05, 0) is 24.3 Å². The van der Waals surface area contributed by atoms with E-state index >= 15 is 0 Å². The Hall–Kier alpha value is -3.78. The molecule has 0 aliphatic carbocycles. The molecule has 2 aromatic carbocycles. The van der Waals surface area contributed by atoms with Crippen LogP contribution in [0.3, 0.4) is 0 Å². The first-order valence-electron chi connectivity index (χ1n) is 9.93. The lowest BCUT2D eigenvalue weighted by atomic mass is 10.3. The van der Waals surface area contributed by atoms with Gasteiger partial charge >= 0.3 is 0 Å². The van der Waals surface area contributed by atoms with Crippen LogP contribution < -0.4 is 4.90 Å². The third-order valence-corrected chi connectivity index (χ3v) is 5.39. The zero-order valence-corrected chi connectivity index (χ0v) is 16.2. The molecule has 0 N–H and O–H groups in total. The largest absolute Gasteiger partial charge is 0.378 e. The minimum absolute atomic E-state index is 0.584. The van der Waals surface area contributed by atoms with Gasteiger partial charge in [0.15, 0.2) is 0 Å². The van der Waals surface area contributed by atoms with Crippen molar-refractivity contribution in [3.63, 3.8) is 0 Å². The maximum Gasteiger partial charge on any atom is 0.239 e. The number of imidazole rings is 2. The summed E-state index contributed by atoms with van der Waals surface area (Å²) < 4.78 is 9.46. The van der Waals surface area contributed by atoms with Crippen molar-refractivity contribution in [2.24, 2.45) is 0 Å². The number of hydrogen-bond acceptors (Lipinski definition) is 6. The van der Waals surface area contributed by atoms with Crippen molar-refractivity contribution in [3.8, 4) is 11.8 Å². The van der Waals surface area contributed by atoms with E-state index in [0.717, 1.165) is 46.8 Å². The number of rotatable bonds is 3. The lowest BCUT2D eigenvalue weighted by Crippen LogP contribution is -2.37. The molecule has 8 nitrogen and oxygen atoms in total. The minimum atomic E-state index is 0.584. The van der Waals surface area contributed by atoms with Gasteiger partial charge in [0, 0.05) is 19.2 Å². The number of fused-ring (bicyclic) bond motifs is 2. The van der Waals surface area contributed by atoms with Gasteiger partial charge in [-0.3, -0.25) is 9.13 Å². The van der Waals surface area contributed by atoms with Gasteiger partial charge in [-0.25, -0.2) is 9.97 Å². The summed E-state index contributed by atoms with van der Waals surface area (Å²) in [5.74, 6) is 2.22. The number of benzene rings is 2. The van der Waals surface area contributed by atoms with Crippen molar-refractivity contribution in [2.45, 2.75) is 0 Å². The molecule has 4 heterocycles. The average Bonchev–Trinajstić information content (AvgIpc) is 3.44. The van der Waals surface area contributed by atoms with Crippen LogP contribution in [0.4, 0.5) is 5.82 Å². The molecule has 0 unspecified atom stereocenters. The van der Waals surface area contributed by atoms with Gasteiger partial charge in [-0.15, -0.1) is 0 Å². The molecule has 1 fully saturated rings. The lowest BCUT2D eigenvalue weighted by Gasteiger charge is -2.28. The van der Waals surface area contributed by atoms with Gasteiger partial charge in [0.1, 0.15) is 24.3 Å². The lowest BCUT2D eigenvalue weighted by molar-refractivity contribution is 0.122. The van der Waals surface area contributed by atoms with E-state index in [1.165, 1.54) is 0 Å². The Morgan fingerprint density at radius 2 is 1.30 bits per heavy atom. The van der Waals surface area contributed by atoms with Crippen LogP contribution in [0.1, 0.15) is 0 Å². The van der Waals surface area contributed by atoms with E-state index in [-0.39, 0.29) is 0 Å². The second-order valence-electron chi connectivity index (χ2n) is 7.19. The highest BCUT2D eigenvalue weighted by Crippen LogP contribution is 2.24. The summed E-state index contributed by atoms with van der Waals surface area (Å²) >= 11 is 0. The van der Waals surface area contributed by atoms with E-state index in [2.05, 4.69) is 14.9 Å². The highest BCUT2D eigenvalue weighted by Gasteiger charge is 2.18. The van der Waals surface area contributed by atoms with E-state index in [1.807, 2.05) is 70.1 Å². The fourth-order valence-corrected chi connectivity index (χ4v) is 3.86. The quantitative estimate of drug-likeness (QED) is 0.466. The first-order valence-corrected chi connectivity index (χ1v) is 9.93. The number of morpholine rings is 1. The summed E-state index contributed by atoms with van der Waals surface area (Å²) in [7, 11) is 0. The fourth-order valence-electron chi connectivity index (χ4n) is 3.86. The highest BCUT2D eigenvalue weighted by atomic mass is 16.5. The molecule has 1 aliphatic heterocycles. The van der Waals surface area contributed by atoms with Crippen LogP contribution in [0, 0.1) is 0 Å². The second kappa shape index (κ2) is 6.93. The SMILES string of the molecule is c1ccc2c(c1)ncn2-c1cc(N2CCOCC2)nc(-n2cnc3ccccc32)n1. The van der Waals surface area contributed by atoms with Gasteiger partial charge < -0.3 is 9.64 Å². The first kappa shape index (κ1) is 17.1. The predicted octanol–water partition coefficient (Wildman–Crippen LogP) is 2.99. The van der Waals surface area contributed by atoms with Gasteiger partial charge in [0.25, 0.3) is 0 Å². The van der Waals surface area contributed by atoms with E-state index in [4.69, 9.17) is 14.7 Å². The fraction of sp³-hybridized carbons (Fsp3) is 0.182. The molecule has 0 radical (unpaired) electrons. The van der Waals surface area contributed by atoms with E-state index in [1.54, 1.807) is 6.33 Å². The van der Waals surface area contributed by atoms with E-state index < -0.39 is 0 Å². The summed E-state index contributed by atoms with van der Waals surface area (Å²) in [4.78, 5) is 21.1. The standard InChI is InChI=1S/C22H19N7O/c1-3-7-18-16(5-1)23-14-28(18)21-13-20(27-9-11-30-12-10-27)25-22(26-21)29-15-24-17-6-2-4-8-19(17)29/h1-8,13-15H,9-12H2. The summed E-state index contributed by atoms with van der Waals surface area (Å²) in [6.07, 6.45) is 3.59. The smallest absolute Gasteiger partial charge is 0.239 e. The van der Waals surface area contributed by atoms with Gasteiger partial charge in [0.2, 0.25) is 5.95 Å². The minimum Gasteiger partial charge on any atom is -0.378 e. The molecule has 0 saturated carbocycles. The van der Waals surface area contributed by atoms with Crippen LogP contribution in [0.2, 0.25) is 0 Å². The Balaban J connectivity index is 1.56. The summed E-state index contributed by atoms with van der Waals surface area (Å²) in [5, 5.41) is 0. The molecule has 30 heavy (non-hydrogen) atoms. The number of nitrogens with zero attached hydrogens (tertiary/aromatic N) is 7. The van der Waals surface area contributed by atoms with Crippen molar-refractivity contribution >= 4 is 27.9 Å². The summed E-state index contributed by atoms with van der Waals surface area (Å²) in [6, 6.07) is 18.1. The topological polar surface area (TPSA) is 73.9 Å². The van der Waals surface area contributed by atoms with Crippen LogP contribution in [-0.2, 0) is 4.74 Å². The Labute approximate surface area is 172 Å². The number of anilines is 1. The van der Waals surface area contributed by atoms with Gasteiger partial charge in [-0.2, -0.15) is 9.97 Å². The van der Waals surface area contributed by atoms with Crippen LogP contribution >= 0.6 is 0 Å². The molecule has 5 aromatic rings. The molecule has 6 rings (SSSR count). The second-order valence-corrected chi connectivity index (χ2v) is 7.19. The number of hydrogen-bond donors (Lipinski definition) is 0. The molecular formula is C22H19N7O. The summed E-state index contributed by atoms with van der Waals surface area (Å²) in [6.45, 7) is 2.98. The Morgan fingerprint density at radius 3 is 2.03 bits per heavy atom. The van der Waals surface area contributed by atoms with E-state index in [0.29, 0.717) is 19.2 Å². The monoisotopic (exact) mass is 397 g/mol. The molecule has 1 aliphatic rings. The maximum atomic E-state index is 5.53. The Bertz CT molecular complexity index is 1260. The van der Waals surface area contributed by atoms with Gasteiger partial charge in [0.05, 0.1) is 35.3 Å². The molecule has 148 valence electrons. The van der Waals surface area contributed by atoms with Crippen LogP contribution in [0.15, 0.2) is 67.3 Å². The molecular weight excluding hydrogens is 378 g/mol. The van der Waals surface area contributed by atoms with Gasteiger partial charge in [-0.1, -0.05) is 24.3 Å². The normalized spacial score (nSPS) is 14.6. The molecule has 0 amide bonds. The molecule has 3 aromatic heterocycles. The van der Waals surface area contributed by atoms with Crippen LogP contribution in [-0.4, -0.2) is 55.4 Å².